The summed E-state index contributed by atoms with van der Waals surface area (Å²) >= 11 is 0. The molecule has 0 aliphatic heterocycles. The molecular formula is C6H8N2O3S. The largest absolute Gasteiger partial charge is 0.480 e. The molecule has 1 aromatic rings. The van der Waals surface area contributed by atoms with Gasteiger partial charge in [0.15, 0.2) is 14.9 Å². The van der Waals surface area contributed by atoms with E-state index in [0.717, 1.165) is 0 Å². The van der Waals surface area contributed by atoms with Gasteiger partial charge in [-0.1, -0.05) is 0 Å². The molecule has 12 heavy (non-hydrogen) atoms. The zero-order valence-corrected chi connectivity index (χ0v) is 7.21. The molecule has 1 rings (SSSR count). The number of hydrogen-bond donors (Lipinski definition) is 0. The fourth-order valence-electron chi connectivity index (χ4n) is 0.583. The second kappa shape index (κ2) is 3.06. The summed E-state index contributed by atoms with van der Waals surface area (Å²) in [6.07, 6.45) is -0.728. The van der Waals surface area contributed by atoms with Crippen molar-refractivity contribution >= 4 is 9.84 Å². The Bertz CT molecular complexity index is 375. The molecule has 0 unspecified atom stereocenters. The highest BCUT2D eigenvalue weighted by atomic mass is 32.2. The number of hydrogen-bond acceptors (Lipinski definition) is 5. The van der Waals surface area contributed by atoms with E-state index >= 15 is 0 Å². The van der Waals surface area contributed by atoms with Gasteiger partial charge in [-0.25, -0.2) is 8.42 Å². The van der Waals surface area contributed by atoms with Gasteiger partial charge in [-0.3, -0.25) is 0 Å². The van der Waals surface area contributed by atoms with Crippen LogP contribution in [0.1, 0.15) is 1.37 Å². The SMILES string of the molecule is [2H]CS(=O)(=O)c1ccc(OC)nn1. The quantitative estimate of drug-likeness (QED) is 0.649. The van der Waals surface area contributed by atoms with Crippen LogP contribution in [0.5, 0.6) is 5.88 Å². The fourth-order valence-corrected chi connectivity index (χ4v) is 1.02. The van der Waals surface area contributed by atoms with Crippen LogP contribution in [0.25, 0.3) is 0 Å². The molecule has 0 radical (unpaired) electrons. The van der Waals surface area contributed by atoms with E-state index in [1.165, 1.54) is 19.2 Å². The van der Waals surface area contributed by atoms with E-state index in [1.807, 2.05) is 0 Å². The Morgan fingerprint density at radius 3 is 2.67 bits per heavy atom. The van der Waals surface area contributed by atoms with Gasteiger partial charge in [-0.2, -0.15) is 0 Å². The first-order valence-electron chi connectivity index (χ1n) is 3.70. The minimum Gasteiger partial charge on any atom is -0.480 e. The summed E-state index contributed by atoms with van der Waals surface area (Å²) in [6.45, 7) is 0. The number of rotatable bonds is 2. The van der Waals surface area contributed by atoms with Crippen molar-refractivity contribution in [3.63, 3.8) is 0 Å². The first-order chi connectivity index (χ1) is 6.10. The van der Waals surface area contributed by atoms with Crippen LogP contribution >= 0.6 is 0 Å². The predicted molar refractivity (Wildman–Crippen MR) is 41.7 cm³/mol. The van der Waals surface area contributed by atoms with E-state index < -0.39 is 16.1 Å². The molecule has 0 saturated carbocycles. The Morgan fingerprint density at radius 1 is 1.50 bits per heavy atom. The normalized spacial score (nSPS) is 12.2. The number of methoxy groups -OCH3 is 1. The number of sulfone groups is 1. The number of nitrogens with zero attached hydrogens (tertiary/aromatic N) is 2. The summed E-state index contributed by atoms with van der Waals surface area (Å²) in [4.78, 5) is 0. The Balaban J connectivity index is 3.06. The average Bonchev–Trinajstić information content (AvgIpc) is 2.18. The van der Waals surface area contributed by atoms with E-state index in [4.69, 9.17) is 6.11 Å². The second-order valence-electron chi connectivity index (χ2n) is 2.03. The molecule has 0 bridgehead atoms. The Labute approximate surface area is 71.7 Å². The lowest BCUT2D eigenvalue weighted by Gasteiger charge is -1.97. The van der Waals surface area contributed by atoms with Crippen LogP contribution in [0, 0.1) is 0 Å². The molecule has 0 atom stereocenters. The van der Waals surface area contributed by atoms with Crippen molar-refractivity contribution < 1.29 is 14.5 Å². The van der Waals surface area contributed by atoms with Crippen molar-refractivity contribution in [1.29, 1.82) is 0 Å². The molecule has 0 amide bonds. The molecule has 0 aromatic carbocycles. The van der Waals surface area contributed by atoms with Gasteiger partial charge in [0.1, 0.15) is 0 Å². The molecule has 0 saturated heterocycles. The summed E-state index contributed by atoms with van der Waals surface area (Å²) in [5.74, 6) is 0.240. The van der Waals surface area contributed by atoms with Crippen molar-refractivity contribution in [3.8, 4) is 5.88 Å². The van der Waals surface area contributed by atoms with Gasteiger partial charge >= 0.3 is 0 Å². The van der Waals surface area contributed by atoms with Gasteiger partial charge < -0.3 is 4.74 Å². The van der Waals surface area contributed by atoms with Crippen LogP contribution in [-0.2, 0) is 9.84 Å². The maximum absolute atomic E-state index is 11.1. The molecule has 6 heteroatoms. The van der Waals surface area contributed by atoms with Crippen molar-refractivity contribution in [2.75, 3.05) is 13.3 Å². The molecule has 5 nitrogen and oxygen atoms in total. The third-order valence-electron chi connectivity index (χ3n) is 1.14. The standard InChI is InChI=1S/C6H8N2O3S/c1-11-5-3-4-6(8-7-5)12(2,9)10/h3-4H,1-2H3/i2D. The minimum atomic E-state index is -3.59. The van der Waals surface area contributed by atoms with Crippen LogP contribution in [-0.4, -0.2) is 32.0 Å². The zero-order valence-electron chi connectivity index (χ0n) is 7.39. The van der Waals surface area contributed by atoms with Crippen molar-refractivity contribution in [2.45, 2.75) is 5.03 Å². The maximum atomic E-state index is 11.1. The average molecular weight is 189 g/mol. The molecule has 1 aromatic heterocycles. The molecular weight excluding hydrogens is 180 g/mol. The third kappa shape index (κ3) is 1.91. The van der Waals surface area contributed by atoms with Crippen LogP contribution in [0.4, 0.5) is 0 Å². The monoisotopic (exact) mass is 189 g/mol. The Morgan fingerprint density at radius 2 is 2.25 bits per heavy atom. The summed E-state index contributed by atoms with van der Waals surface area (Å²) < 4.78 is 33.6. The summed E-state index contributed by atoms with van der Waals surface area (Å²) in [5.41, 5.74) is 0. The number of ether oxygens (including phenoxy) is 1. The molecule has 0 aliphatic rings. The molecule has 0 fully saturated rings. The molecule has 0 spiro atoms. The first kappa shape index (κ1) is 7.48. The van der Waals surface area contributed by atoms with Crippen molar-refractivity contribution in [3.05, 3.63) is 12.1 Å². The molecule has 1 heterocycles. The van der Waals surface area contributed by atoms with Crippen molar-refractivity contribution in [2.24, 2.45) is 0 Å². The van der Waals surface area contributed by atoms with Gasteiger partial charge in [0.2, 0.25) is 5.88 Å². The van der Waals surface area contributed by atoms with E-state index in [0.29, 0.717) is 0 Å². The van der Waals surface area contributed by atoms with E-state index in [9.17, 15) is 8.42 Å². The third-order valence-corrected chi connectivity index (χ3v) is 2.00. The van der Waals surface area contributed by atoms with E-state index in [1.54, 1.807) is 0 Å². The van der Waals surface area contributed by atoms with Gasteiger partial charge in [-0.05, 0) is 6.07 Å². The highest BCUT2D eigenvalue weighted by Crippen LogP contribution is 2.07. The van der Waals surface area contributed by atoms with Gasteiger partial charge in [0, 0.05) is 13.7 Å². The van der Waals surface area contributed by atoms with Crippen molar-refractivity contribution in [1.82, 2.24) is 10.2 Å². The smallest absolute Gasteiger partial charge is 0.233 e. The lowest BCUT2D eigenvalue weighted by atomic mass is 10.6. The fraction of sp³-hybridized carbons (Fsp3) is 0.333. The van der Waals surface area contributed by atoms with Gasteiger partial charge in [0.05, 0.1) is 7.11 Å². The zero-order chi connectivity index (χ0) is 9.90. The van der Waals surface area contributed by atoms with E-state index in [-0.39, 0.29) is 10.9 Å². The molecule has 66 valence electrons. The Hall–Kier alpha value is -1.17. The Kier molecular flexibility index (Phi) is 1.91. The molecule has 0 N–H and O–H groups in total. The van der Waals surface area contributed by atoms with Crippen LogP contribution in [0.2, 0.25) is 0 Å². The van der Waals surface area contributed by atoms with Gasteiger partial charge in [-0.15, -0.1) is 10.2 Å². The highest BCUT2D eigenvalue weighted by Gasteiger charge is 2.08. The predicted octanol–water partition coefficient (Wildman–Crippen LogP) is -0.111. The van der Waals surface area contributed by atoms with Crippen LogP contribution in [0.15, 0.2) is 17.2 Å². The maximum Gasteiger partial charge on any atom is 0.233 e. The van der Waals surface area contributed by atoms with Crippen LogP contribution < -0.4 is 4.74 Å². The minimum absolute atomic E-state index is 0.205. The topological polar surface area (TPSA) is 69.2 Å². The molecule has 0 aliphatic carbocycles. The lowest BCUT2D eigenvalue weighted by Crippen LogP contribution is -2.02. The summed E-state index contributed by atoms with van der Waals surface area (Å²) in [7, 11) is -2.18. The second-order valence-corrected chi connectivity index (χ2v) is 3.68. The van der Waals surface area contributed by atoms with Crippen LogP contribution in [0.3, 0.4) is 0 Å². The summed E-state index contributed by atoms with van der Waals surface area (Å²) in [5, 5.41) is 6.68. The lowest BCUT2D eigenvalue weighted by molar-refractivity contribution is 0.389. The van der Waals surface area contributed by atoms with Gasteiger partial charge in [0.25, 0.3) is 0 Å². The first-order valence-corrected chi connectivity index (χ1v) is 4.65. The highest BCUT2D eigenvalue weighted by molar-refractivity contribution is 7.90. The summed E-state index contributed by atoms with van der Waals surface area (Å²) in [6, 6.07) is 2.64. The number of aromatic nitrogens is 2. The van der Waals surface area contributed by atoms with E-state index in [2.05, 4.69) is 10.2 Å².